The van der Waals surface area contributed by atoms with Crippen LogP contribution in [0.1, 0.15) is 19.8 Å². The van der Waals surface area contributed by atoms with E-state index in [-0.39, 0.29) is 5.38 Å². The van der Waals surface area contributed by atoms with E-state index in [1.54, 1.807) is 12.4 Å². The van der Waals surface area contributed by atoms with Gasteiger partial charge in [0, 0.05) is 18.9 Å². The number of halogens is 1. The lowest BCUT2D eigenvalue weighted by Crippen LogP contribution is -2.14. The van der Waals surface area contributed by atoms with Crippen LogP contribution in [0, 0.1) is 0 Å². The number of nitrogens with zero attached hydrogens (tertiary/aromatic N) is 3. The average molecular weight is 251 g/mol. The van der Waals surface area contributed by atoms with Crippen LogP contribution in [-0.4, -0.2) is 26.9 Å². The summed E-state index contributed by atoms with van der Waals surface area (Å²) in [4.78, 5) is 12.7. The Bertz CT molecular complexity index is 489. The number of rotatable bonds is 5. The Balaban J connectivity index is 2.04. The molecule has 0 bridgehead atoms. The Morgan fingerprint density at radius 2 is 2.12 bits per heavy atom. The molecule has 0 aromatic carbocycles. The summed E-state index contributed by atoms with van der Waals surface area (Å²) in [6.07, 6.45) is 5.39. The molecular formula is C12H15ClN4. The third kappa shape index (κ3) is 3.27. The molecule has 90 valence electrons. The van der Waals surface area contributed by atoms with Crippen molar-refractivity contribution < 1.29 is 0 Å². The predicted octanol–water partition coefficient (Wildman–Crippen LogP) is 2.84. The number of nitrogens with one attached hydrogen (secondary N) is 1. The molecule has 4 nitrogen and oxygen atoms in total. The molecule has 1 unspecified atom stereocenters. The quantitative estimate of drug-likeness (QED) is 0.829. The molecule has 2 aromatic heterocycles. The highest BCUT2D eigenvalue weighted by Gasteiger charge is 2.04. The summed E-state index contributed by atoms with van der Waals surface area (Å²) in [7, 11) is 0. The van der Waals surface area contributed by atoms with E-state index in [2.05, 4.69) is 27.2 Å². The van der Waals surface area contributed by atoms with Gasteiger partial charge in [-0.3, -0.25) is 4.98 Å². The van der Waals surface area contributed by atoms with Gasteiger partial charge in [0.1, 0.15) is 11.3 Å². The van der Waals surface area contributed by atoms with Crippen LogP contribution < -0.4 is 5.32 Å². The summed E-state index contributed by atoms with van der Waals surface area (Å²) in [5.41, 5.74) is 1.45. The highest BCUT2D eigenvalue weighted by molar-refractivity contribution is 6.20. The van der Waals surface area contributed by atoms with Crippen molar-refractivity contribution in [2.24, 2.45) is 0 Å². The van der Waals surface area contributed by atoms with E-state index < -0.39 is 0 Å². The maximum Gasteiger partial charge on any atom is 0.180 e. The highest BCUT2D eigenvalue weighted by atomic mass is 35.5. The lowest BCUT2D eigenvalue weighted by atomic mass is 10.2. The first-order valence-corrected chi connectivity index (χ1v) is 6.19. The average Bonchev–Trinajstić information content (AvgIpc) is 2.36. The van der Waals surface area contributed by atoms with E-state index in [4.69, 9.17) is 11.6 Å². The third-order valence-corrected chi connectivity index (χ3v) is 2.81. The third-order valence-electron chi connectivity index (χ3n) is 2.44. The monoisotopic (exact) mass is 250 g/mol. The number of anilines is 1. The normalized spacial score (nSPS) is 12.6. The van der Waals surface area contributed by atoms with E-state index in [0.29, 0.717) is 12.2 Å². The molecule has 2 aromatic rings. The molecule has 0 amide bonds. The Morgan fingerprint density at radius 1 is 1.29 bits per heavy atom. The minimum Gasteiger partial charge on any atom is -0.369 e. The fraction of sp³-hybridized carbons (Fsp3) is 0.417. The Labute approximate surface area is 105 Å². The van der Waals surface area contributed by atoms with Crippen LogP contribution in [0.5, 0.6) is 0 Å². The van der Waals surface area contributed by atoms with E-state index in [9.17, 15) is 0 Å². The standard InChI is InChI=1S/C12H15ClN4/c1-2-3-9(13)8-16-11-5-4-10-12(17-11)15-7-6-14-10/h4-7,9H,2-3,8H2,1H3,(H,15,16,17). The van der Waals surface area contributed by atoms with Gasteiger partial charge in [-0.2, -0.15) is 0 Å². The fourth-order valence-electron chi connectivity index (χ4n) is 1.58. The van der Waals surface area contributed by atoms with Gasteiger partial charge in [0.25, 0.3) is 0 Å². The van der Waals surface area contributed by atoms with Crippen molar-refractivity contribution in [2.75, 3.05) is 11.9 Å². The van der Waals surface area contributed by atoms with Gasteiger partial charge in [-0.1, -0.05) is 13.3 Å². The van der Waals surface area contributed by atoms with Gasteiger partial charge in [-0.05, 0) is 18.6 Å². The van der Waals surface area contributed by atoms with Crippen LogP contribution in [0.3, 0.4) is 0 Å². The van der Waals surface area contributed by atoms with E-state index >= 15 is 0 Å². The van der Waals surface area contributed by atoms with Crippen LogP contribution in [0.4, 0.5) is 5.82 Å². The summed E-state index contributed by atoms with van der Waals surface area (Å²) in [6, 6.07) is 3.80. The van der Waals surface area contributed by atoms with Crippen molar-refractivity contribution in [1.29, 1.82) is 0 Å². The first kappa shape index (κ1) is 12.0. The van der Waals surface area contributed by atoms with Crippen molar-refractivity contribution >= 4 is 28.6 Å². The van der Waals surface area contributed by atoms with E-state index in [0.717, 1.165) is 24.2 Å². The Kier molecular flexibility index (Phi) is 4.09. The molecule has 5 heteroatoms. The van der Waals surface area contributed by atoms with E-state index in [1.807, 2.05) is 12.1 Å². The van der Waals surface area contributed by atoms with Crippen molar-refractivity contribution in [3.63, 3.8) is 0 Å². The number of hydrogen-bond acceptors (Lipinski definition) is 4. The molecule has 0 aliphatic carbocycles. The zero-order chi connectivity index (χ0) is 12.1. The molecule has 1 atom stereocenters. The number of fused-ring (bicyclic) bond motifs is 1. The van der Waals surface area contributed by atoms with Gasteiger partial charge in [-0.25, -0.2) is 9.97 Å². The molecule has 0 radical (unpaired) electrons. The molecule has 2 rings (SSSR count). The summed E-state index contributed by atoms with van der Waals surface area (Å²) in [5, 5.41) is 3.35. The Morgan fingerprint density at radius 3 is 2.94 bits per heavy atom. The van der Waals surface area contributed by atoms with Gasteiger partial charge in [0.15, 0.2) is 5.65 Å². The van der Waals surface area contributed by atoms with Crippen molar-refractivity contribution in [1.82, 2.24) is 15.0 Å². The maximum atomic E-state index is 6.13. The molecule has 0 aliphatic rings. The summed E-state index contributed by atoms with van der Waals surface area (Å²) >= 11 is 6.13. The first-order chi connectivity index (χ1) is 8.29. The zero-order valence-electron chi connectivity index (χ0n) is 9.73. The molecule has 0 fully saturated rings. The lowest BCUT2D eigenvalue weighted by molar-refractivity contribution is 0.751. The van der Waals surface area contributed by atoms with Gasteiger partial charge in [0.05, 0.1) is 5.38 Å². The van der Waals surface area contributed by atoms with Crippen LogP contribution >= 0.6 is 11.6 Å². The van der Waals surface area contributed by atoms with Gasteiger partial charge in [-0.15, -0.1) is 11.6 Å². The molecule has 0 saturated carbocycles. The summed E-state index contributed by atoms with van der Waals surface area (Å²) in [5.74, 6) is 0.791. The number of aromatic nitrogens is 3. The van der Waals surface area contributed by atoms with Crippen LogP contribution in [0.25, 0.3) is 11.2 Å². The molecular weight excluding hydrogens is 236 g/mol. The minimum atomic E-state index is 0.138. The predicted molar refractivity (Wildman–Crippen MR) is 70.4 cm³/mol. The zero-order valence-corrected chi connectivity index (χ0v) is 10.5. The maximum absolute atomic E-state index is 6.13. The van der Waals surface area contributed by atoms with Gasteiger partial charge < -0.3 is 5.32 Å². The second kappa shape index (κ2) is 5.77. The highest BCUT2D eigenvalue weighted by Crippen LogP contribution is 2.11. The lowest BCUT2D eigenvalue weighted by Gasteiger charge is -2.10. The summed E-state index contributed by atoms with van der Waals surface area (Å²) < 4.78 is 0. The molecule has 1 N–H and O–H groups in total. The number of alkyl halides is 1. The second-order valence-electron chi connectivity index (χ2n) is 3.86. The van der Waals surface area contributed by atoms with Crippen molar-refractivity contribution in [3.8, 4) is 0 Å². The molecule has 17 heavy (non-hydrogen) atoms. The van der Waals surface area contributed by atoms with Crippen LogP contribution in [0.15, 0.2) is 24.5 Å². The van der Waals surface area contributed by atoms with E-state index in [1.165, 1.54) is 0 Å². The smallest absolute Gasteiger partial charge is 0.180 e. The fourth-order valence-corrected chi connectivity index (χ4v) is 1.88. The molecule has 2 heterocycles. The molecule has 0 aliphatic heterocycles. The number of pyridine rings is 1. The Hall–Kier alpha value is -1.42. The van der Waals surface area contributed by atoms with Crippen LogP contribution in [-0.2, 0) is 0 Å². The van der Waals surface area contributed by atoms with Crippen molar-refractivity contribution in [3.05, 3.63) is 24.5 Å². The minimum absolute atomic E-state index is 0.138. The van der Waals surface area contributed by atoms with Crippen molar-refractivity contribution in [2.45, 2.75) is 25.1 Å². The van der Waals surface area contributed by atoms with Gasteiger partial charge >= 0.3 is 0 Å². The SMILES string of the molecule is CCCC(Cl)CNc1ccc2nccnc2n1. The number of hydrogen-bond donors (Lipinski definition) is 1. The second-order valence-corrected chi connectivity index (χ2v) is 4.48. The topological polar surface area (TPSA) is 50.7 Å². The first-order valence-electron chi connectivity index (χ1n) is 5.75. The largest absolute Gasteiger partial charge is 0.369 e. The molecule has 0 spiro atoms. The molecule has 0 saturated heterocycles. The van der Waals surface area contributed by atoms with Gasteiger partial charge in [0.2, 0.25) is 0 Å². The summed E-state index contributed by atoms with van der Waals surface area (Å²) in [6.45, 7) is 2.84. The van der Waals surface area contributed by atoms with Crippen LogP contribution in [0.2, 0.25) is 0 Å².